The number of benzene rings is 1. The Kier molecular flexibility index (Phi) is 10.7. The normalized spacial score (nSPS) is 16.0. The maximum atomic E-state index is 12.8. The van der Waals surface area contributed by atoms with E-state index in [4.69, 9.17) is 4.99 Å². The number of nitrogens with zero attached hydrogens (tertiary/aromatic N) is 3. The third-order valence-electron chi connectivity index (χ3n) is 5.42. The maximum Gasteiger partial charge on any atom is 0.243 e. The van der Waals surface area contributed by atoms with Crippen molar-refractivity contribution >= 4 is 51.3 Å². The highest BCUT2D eigenvalue weighted by Crippen LogP contribution is 2.24. The summed E-state index contributed by atoms with van der Waals surface area (Å²) in [6.07, 6.45) is 2.69. The quantitative estimate of drug-likeness (QED) is 0.294. The predicted molar refractivity (Wildman–Crippen MR) is 140 cm³/mol. The number of thiophene rings is 1. The van der Waals surface area contributed by atoms with Gasteiger partial charge in [0.1, 0.15) is 0 Å². The number of aliphatic imine (C=N–C) groups is 1. The van der Waals surface area contributed by atoms with E-state index < -0.39 is 10.0 Å². The molecule has 1 N–H and O–H groups in total. The Morgan fingerprint density at radius 1 is 1.19 bits per heavy atom. The molecular formula is C22H33IN4O2S2. The van der Waals surface area contributed by atoms with Gasteiger partial charge < -0.3 is 10.2 Å². The van der Waals surface area contributed by atoms with Crippen LogP contribution in [-0.2, 0) is 16.4 Å². The van der Waals surface area contributed by atoms with Crippen LogP contribution in [0.15, 0.2) is 57.7 Å². The van der Waals surface area contributed by atoms with Crippen LogP contribution in [0.2, 0.25) is 0 Å². The molecule has 1 saturated heterocycles. The van der Waals surface area contributed by atoms with Gasteiger partial charge in [-0.15, -0.1) is 35.3 Å². The average Bonchev–Trinajstić information content (AvgIpc) is 3.29. The summed E-state index contributed by atoms with van der Waals surface area (Å²) in [7, 11) is -1.32. The predicted octanol–water partition coefficient (Wildman–Crippen LogP) is 3.91. The van der Waals surface area contributed by atoms with Gasteiger partial charge >= 0.3 is 0 Å². The van der Waals surface area contributed by atoms with Gasteiger partial charge in [-0.25, -0.2) is 8.42 Å². The summed E-state index contributed by atoms with van der Waals surface area (Å²) in [6, 6.07) is 13.0. The molecule has 0 atom stereocenters. The number of nitrogens with one attached hydrogen (secondary N) is 1. The van der Waals surface area contributed by atoms with Gasteiger partial charge in [-0.2, -0.15) is 4.31 Å². The minimum atomic E-state index is -3.39. The van der Waals surface area contributed by atoms with E-state index in [1.807, 2.05) is 6.07 Å². The summed E-state index contributed by atoms with van der Waals surface area (Å²) in [5, 5.41) is 5.49. The molecule has 0 amide bonds. The molecule has 1 aliphatic rings. The van der Waals surface area contributed by atoms with Crippen molar-refractivity contribution in [2.24, 2.45) is 10.9 Å². The zero-order valence-corrected chi connectivity index (χ0v) is 22.2. The summed E-state index contributed by atoms with van der Waals surface area (Å²) in [5.74, 6) is 1.33. The summed E-state index contributed by atoms with van der Waals surface area (Å²) >= 11 is 1.79. The minimum Gasteiger partial charge on any atom is -0.357 e. The van der Waals surface area contributed by atoms with Gasteiger partial charge in [0.15, 0.2) is 5.96 Å². The van der Waals surface area contributed by atoms with E-state index in [2.05, 4.69) is 41.7 Å². The van der Waals surface area contributed by atoms with Gasteiger partial charge in [0, 0.05) is 44.6 Å². The minimum absolute atomic E-state index is 0. The summed E-state index contributed by atoms with van der Waals surface area (Å²) in [4.78, 5) is 8.79. The summed E-state index contributed by atoms with van der Waals surface area (Å²) < 4.78 is 27.2. The Labute approximate surface area is 207 Å². The van der Waals surface area contributed by atoms with Gasteiger partial charge in [0.05, 0.1) is 4.90 Å². The molecule has 3 rings (SSSR count). The van der Waals surface area contributed by atoms with Gasteiger partial charge in [-0.05, 0) is 55.7 Å². The lowest BCUT2D eigenvalue weighted by atomic mass is 9.98. The van der Waals surface area contributed by atoms with Crippen LogP contribution >= 0.6 is 35.3 Å². The van der Waals surface area contributed by atoms with E-state index in [0.717, 1.165) is 44.9 Å². The Hall–Kier alpha value is -1.17. The van der Waals surface area contributed by atoms with E-state index >= 15 is 0 Å². The molecule has 0 radical (unpaired) electrons. The van der Waals surface area contributed by atoms with Gasteiger partial charge in [-0.3, -0.25) is 4.99 Å². The molecule has 1 aliphatic heterocycles. The number of halogens is 1. The van der Waals surface area contributed by atoms with Crippen molar-refractivity contribution in [1.29, 1.82) is 0 Å². The molecule has 6 nitrogen and oxygen atoms in total. The van der Waals surface area contributed by atoms with Crippen molar-refractivity contribution in [1.82, 2.24) is 14.5 Å². The molecule has 0 bridgehead atoms. The smallest absolute Gasteiger partial charge is 0.243 e. The molecule has 0 spiro atoms. The lowest BCUT2D eigenvalue weighted by molar-refractivity contribution is 0.278. The highest BCUT2D eigenvalue weighted by molar-refractivity contribution is 14.0. The van der Waals surface area contributed by atoms with Gasteiger partial charge in [-0.1, -0.05) is 24.3 Å². The first kappa shape index (κ1) is 26.1. The zero-order chi connectivity index (χ0) is 21.4. The van der Waals surface area contributed by atoms with E-state index in [9.17, 15) is 8.42 Å². The van der Waals surface area contributed by atoms with Crippen molar-refractivity contribution in [3.05, 3.63) is 52.7 Å². The number of sulfonamides is 1. The SMILES string of the molecule is CCNC(=NCC1CCN(S(=O)(=O)c2ccccc2)CC1)N(C)CCc1cccs1.I. The number of likely N-dealkylation sites (N-methyl/N-ethyl adjacent to an activating group) is 1. The van der Waals surface area contributed by atoms with Crippen molar-refractivity contribution in [2.45, 2.75) is 31.1 Å². The molecule has 2 aromatic rings. The monoisotopic (exact) mass is 576 g/mol. The van der Waals surface area contributed by atoms with Gasteiger partial charge in [0.2, 0.25) is 10.0 Å². The van der Waals surface area contributed by atoms with Crippen LogP contribution in [0.3, 0.4) is 0 Å². The fourth-order valence-electron chi connectivity index (χ4n) is 3.60. The molecule has 1 aromatic heterocycles. The molecule has 0 aliphatic carbocycles. The summed E-state index contributed by atoms with van der Waals surface area (Å²) in [6.45, 7) is 5.67. The Bertz CT molecular complexity index is 897. The number of hydrogen-bond donors (Lipinski definition) is 1. The fraction of sp³-hybridized carbons (Fsp3) is 0.500. The molecule has 0 unspecified atom stereocenters. The van der Waals surface area contributed by atoms with Crippen LogP contribution in [-0.4, -0.2) is 63.4 Å². The van der Waals surface area contributed by atoms with Crippen LogP contribution in [0, 0.1) is 5.92 Å². The molecular weight excluding hydrogens is 543 g/mol. The first-order valence-electron chi connectivity index (χ1n) is 10.6. The Morgan fingerprint density at radius 3 is 2.52 bits per heavy atom. The standard InChI is InChI=1S/C22H32N4O2S2.HI/c1-3-23-22(25(2)14-13-20-8-7-17-29-20)24-18-19-11-15-26(16-12-19)30(27,28)21-9-5-4-6-10-21;/h4-10,17,19H,3,11-16,18H2,1-2H3,(H,23,24);1H. The molecule has 9 heteroatoms. The first-order chi connectivity index (χ1) is 14.5. The van der Waals surface area contributed by atoms with Crippen molar-refractivity contribution in [2.75, 3.05) is 39.8 Å². The third kappa shape index (κ3) is 7.44. The molecule has 172 valence electrons. The van der Waals surface area contributed by atoms with Crippen LogP contribution in [0.25, 0.3) is 0 Å². The lowest BCUT2D eigenvalue weighted by Crippen LogP contribution is -2.41. The second-order valence-corrected chi connectivity index (χ2v) is 10.6. The molecule has 31 heavy (non-hydrogen) atoms. The van der Waals surface area contributed by atoms with Crippen LogP contribution in [0.1, 0.15) is 24.6 Å². The van der Waals surface area contributed by atoms with Crippen molar-refractivity contribution in [3.63, 3.8) is 0 Å². The van der Waals surface area contributed by atoms with E-state index in [1.54, 1.807) is 39.9 Å². The molecule has 1 aromatic carbocycles. The highest BCUT2D eigenvalue weighted by atomic mass is 127. The largest absolute Gasteiger partial charge is 0.357 e. The number of piperidine rings is 1. The Balaban J connectivity index is 0.00000341. The first-order valence-corrected chi connectivity index (χ1v) is 12.9. The van der Waals surface area contributed by atoms with Crippen molar-refractivity contribution < 1.29 is 8.42 Å². The topological polar surface area (TPSA) is 65.0 Å². The second-order valence-electron chi connectivity index (χ2n) is 7.61. The van der Waals surface area contributed by atoms with E-state index in [-0.39, 0.29) is 24.0 Å². The fourth-order valence-corrected chi connectivity index (χ4v) is 5.79. The Morgan fingerprint density at radius 2 is 1.90 bits per heavy atom. The third-order valence-corrected chi connectivity index (χ3v) is 8.27. The lowest BCUT2D eigenvalue weighted by Gasteiger charge is -2.31. The maximum absolute atomic E-state index is 12.8. The number of hydrogen-bond acceptors (Lipinski definition) is 4. The average molecular weight is 577 g/mol. The number of guanidine groups is 1. The van der Waals surface area contributed by atoms with Crippen LogP contribution < -0.4 is 5.32 Å². The number of rotatable bonds is 8. The van der Waals surface area contributed by atoms with E-state index in [1.165, 1.54) is 4.88 Å². The van der Waals surface area contributed by atoms with Crippen LogP contribution in [0.5, 0.6) is 0 Å². The zero-order valence-electron chi connectivity index (χ0n) is 18.2. The van der Waals surface area contributed by atoms with Crippen molar-refractivity contribution in [3.8, 4) is 0 Å². The second kappa shape index (κ2) is 12.8. The van der Waals surface area contributed by atoms with Gasteiger partial charge in [0.25, 0.3) is 0 Å². The molecule has 2 heterocycles. The van der Waals surface area contributed by atoms with E-state index in [0.29, 0.717) is 23.9 Å². The molecule has 1 fully saturated rings. The van der Waals surface area contributed by atoms with Crippen LogP contribution in [0.4, 0.5) is 0 Å². The highest BCUT2D eigenvalue weighted by Gasteiger charge is 2.29. The summed E-state index contributed by atoms with van der Waals surface area (Å²) in [5.41, 5.74) is 0. The molecule has 0 saturated carbocycles.